The Morgan fingerprint density at radius 2 is 2.10 bits per heavy atom. The van der Waals surface area contributed by atoms with E-state index in [9.17, 15) is 8.42 Å². The van der Waals surface area contributed by atoms with Gasteiger partial charge in [-0.05, 0) is 37.8 Å². The molecular weight excluding hydrogens is 310 g/mol. The first-order valence-corrected chi connectivity index (χ1v) is 9.38. The molecule has 1 atom stereocenters. The summed E-state index contributed by atoms with van der Waals surface area (Å²) in [6.07, 6.45) is 0.742. The Kier molecular flexibility index (Phi) is 3.69. The van der Waals surface area contributed by atoms with Crippen molar-refractivity contribution in [1.29, 1.82) is 0 Å². The number of ether oxygens (including phenoxy) is 2. The predicted molar refractivity (Wildman–Crippen MR) is 81.1 cm³/mol. The highest BCUT2D eigenvalue weighted by Gasteiger charge is 2.50. The Hall–Kier alpha value is -0.470. The summed E-state index contributed by atoms with van der Waals surface area (Å²) in [5.74, 6) is 0. The summed E-state index contributed by atoms with van der Waals surface area (Å²) in [5.41, 5.74) is -0.0306. The Morgan fingerprint density at radius 3 is 2.67 bits per heavy atom. The molecule has 0 aromatic carbocycles. The van der Waals surface area contributed by atoms with Crippen LogP contribution < -0.4 is 0 Å². The summed E-state index contributed by atoms with van der Waals surface area (Å²) in [6, 6.07) is 1.74. The van der Waals surface area contributed by atoms with Crippen LogP contribution in [0.25, 0.3) is 0 Å². The lowest BCUT2D eigenvalue weighted by atomic mass is 9.97. The summed E-state index contributed by atoms with van der Waals surface area (Å²) >= 11 is 1.28. The van der Waals surface area contributed by atoms with E-state index in [1.165, 1.54) is 11.3 Å². The lowest BCUT2D eigenvalue weighted by molar-refractivity contribution is -0.180. The number of hydrogen-bond donors (Lipinski definition) is 0. The molecule has 0 bridgehead atoms. The third kappa shape index (κ3) is 2.90. The van der Waals surface area contributed by atoms with E-state index >= 15 is 0 Å². The smallest absolute Gasteiger partial charge is 0.252 e. The first kappa shape index (κ1) is 15.4. The minimum atomic E-state index is -3.46. The normalized spacial score (nSPS) is 30.0. The van der Waals surface area contributed by atoms with E-state index in [0.29, 0.717) is 30.5 Å². The second-order valence-electron chi connectivity index (χ2n) is 6.56. The minimum absolute atomic E-state index is 0.369. The average molecular weight is 331 g/mol. The quantitative estimate of drug-likeness (QED) is 0.832. The monoisotopic (exact) mass is 331 g/mol. The lowest BCUT2D eigenvalue weighted by Crippen LogP contribution is -2.61. The van der Waals surface area contributed by atoms with E-state index in [4.69, 9.17) is 9.47 Å². The van der Waals surface area contributed by atoms with E-state index < -0.39 is 21.2 Å². The maximum atomic E-state index is 12.9. The van der Waals surface area contributed by atoms with Gasteiger partial charge in [-0.25, -0.2) is 8.42 Å². The highest BCUT2D eigenvalue weighted by molar-refractivity contribution is 7.91. The number of rotatable bonds is 2. The average Bonchev–Trinajstić information content (AvgIpc) is 2.97. The second kappa shape index (κ2) is 5.03. The molecule has 2 saturated heterocycles. The molecule has 21 heavy (non-hydrogen) atoms. The third-order valence-electron chi connectivity index (χ3n) is 3.88. The Bertz CT molecular complexity index is 629. The summed E-state index contributed by atoms with van der Waals surface area (Å²) in [4.78, 5) is 0. The zero-order chi connectivity index (χ0) is 15.3. The van der Waals surface area contributed by atoms with Gasteiger partial charge in [-0.2, -0.15) is 4.31 Å². The molecule has 0 radical (unpaired) electrons. The summed E-state index contributed by atoms with van der Waals surface area (Å²) in [6.45, 7) is 7.62. The van der Waals surface area contributed by atoms with Gasteiger partial charge in [0.05, 0.1) is 12.2 Å². The van der Waals surface area contributed by atoms with Crippen LogP contribution in [0.2, 0.25) is 0 Å². The maximum Gasteiger partial charge on any atom is 0.252 e. The van der Waals surface area contributed by atoms with Gasteiger partial charge in [0.25, 0.3) is 10.0 Å². The van der Waals surface area contributed by atoms with Crippen LogP contribution in [-0.4, -0.2) is 50.2 Å². The molecule has 0 N–H and O–H groups in total. The molecule has 1 spiro atoms. The van der Waals surface area contributed by atoms with Crippen LogP contribution in [0, 0.1) is 6.92 Å². The minimum Gasteiger partial charge on any atom is -0.378 e. The maximum absolute atomic E-state index is 12.9. The first-order chi connectivity index (χ1) is 9.73. The van der Waals surface area contributed by atoms with Crippen LogP contribution in [0.1, 0.15) is 25.8 Å². The molecule has 2 fully saturated rings. The number of sulfonamides is 1. The van der Waals surface area contributed by atoms with Gasteiger partial charge in [0.1, 0.15) is 9.81 Å². The molecule has 7 heteroatoms. The van der Waals surface area contributed by atoms with Crippen LogP contribution in [0.3, 0.4) is 0 Å². The molecule has 118 valence electrons. The number of morpholine rings is 1. The Morgan fingerprint density at radius 1 is 1.33 bits per heavy atom. The van der Waals surface area contributed by atoms with Gasteiger partial charge in [-0.15, -0.1) is 11.3 Å². The molecule has 0 aliphatic carbocycles. The van der Waals surface area contributed by atoms with Gasteiger partial charge in [-0.1, -0.05) is 0 Å². The zero-order valence-electron chi connectivity index (χ0n) is 12.6. The van der Waals surface area contributed by atoms with Crippen molar-refractivity contribution < 1.29 is 17.9 Å². The van der Waals surface area contributed by atoms with Crippen molar-refractivity contribution >= 4 is 21.4 Å². The van der Waals surface area contributed by atoms with Gasteiger partial charge in [0.2, 0.25) is 0 Å². The number of nitrogens with zero attached hydrogens (tertiary/aromatic N) is 1. The molecule has 3 rings (SSSR count). The molecular formula is C14H21NO4S2. The fourth-order valence-corrected chi connectivity index (χ4v) is 6.13. The van der Waals surface area contributed by atoms with Crippen LogP contribution in [0.4, 0.5) is 0 Å². The van der Waals surface area contributed by atoms with E-state index in [-0.39, 0.29) is 0 Å². The van der Waals surface area contributed by atoms with E-state index in [1.54, 1.807) is 10.4 Å². The summed E-state index contributed by atoms with van der Waals surface area (Å²) in [7, 11) is -3.46. The fraction of sp³-hybridized carbons (Fsp3) is 0.714. The molecule has 1 aromatic heterocycles. The number of hydrogen-bond acceptors (Lipinski definition) is 5. The molecule has 3 heterocycles. The fourth-order valence-electron chi connectivity index (χ4n) is 3.08. The summed E-state index contributed by atoms with van der Waals surface area (Å²) < 4.78 is 39.3. The van der Waals surface area contributed by atoms with Crippen LogP contribution in [0.5, 0.6) is 0 Å². The van der Waals surface area contributed by atoms with Crippen molar-refractivity contribution in [3.05, 3.63) is 17.0 Å². The third-order valence-corrected chi connectivity index (χ3v) is 7.21. The first-order valence-electron chi connectivity index (χ1n) is 7.06. The van der Waals surface area contributed by atoms with Crippen molar-refractivity contribution in [1.82, 2.24) is 4.31 Å². The van der Waals surface area contributed by atoms with Crippen molar-refractivity contribution in [2.75, 3.05) is 26.3 Å². The van der Waals surface area contributed by atoms with Crippen molar-refractivity contribution in [2.24, 2.45) is 0 Å². The van der Waals surface area contributed by atoms with Gasteiger partial charge in [0.15, 0.2) is 0 Å². The van der Waals surface area contributed by atoms with E-state index in [0.717, 1.165) is 12.0 Å². The predicted octanol–water partition coefficient (Wildman–Crippen LogP) is 2.02. The van der Waals surface area contributed by atoms with Crippen LogP contribution in [0.15, 0.2) is 15.7 Å². The van der Waals surface area contributed by atoms with Gasteiger partial charge >= 0.3 is 0 Å². The second-order valence-corrected chi connectivity index (χ2v) is 9.64. The van der Waals surface area contributed by atoms with Crippen LogP contribution in [-0.2, 0) is 19.5 Å². The van der Waals surface area contributed by atoms with Gasteiger partial charge < -0.3 is 9.47 Å². The van der Waals surface area contributed by atoms with Crippen molar-refractivity contribution in [3.8, 4) is 0 Å². The number of thiophene rings is 1. The van der Waals surface area contributed by atoms with Crippen molar-refractivity contribution in [2.45, 2.75) is 42.6 Å². The topological polar surface area (TPSA) is 55.8 Å². The SMILES string of the molecule is Cc1csc(S(=O)(=O)N2CC(C)(C)OC3(CCOC3)C2)c1. The molecule has 2 aliphatic rings. The zero-order valence-corrected chi connectivity index (χ0v) is 14.2. The molecule has 0 saturated carbocycles. The molecule has 2 aliphatic heterocycles. The lowest BCUT2D eigenvalue weighted by Gasteiger charge is -2.47. The standard InChI is InChI=1S/C14H21NO4S2/c1-11-6-12(20-7-11)21(16,17)15-8-13(2,3)19-14(9-15)4-5-18-10-14/h6-7H,4-5,8-10H2,1-3H3. The van der Waals surface area contributed by atoms with Crippen LogP contribution >= 0.6 is 11.3 Å². The Balaban J connectivity index is 1.93. The molecule has 1 unspecified atom stereocenters. The summed E-state index contributed by atoms with van der Waals surface area (Å²) in [5, 5.41) is 1.87. The highest BCUT2D eigenvalue weighted by Crippen LogP contribution is 2.37. The molecule has 5 nitrogen and oxygen atoms in total. The van der Waals surface area contributed by atoms with Gasteiger partial charge in [0, 0.05) is 26.1 Å². The van der Waals surface area contributed by atoms with E-state index in [1.807, 2.05) is 26.2 Å². The number of aryl methyl sites for hydroxylation is 1. The van der Waals surface area contributed by atoms with E-state index in [2.05, 4.69) is 0 Å². The largest absolute Gasteiger partial charge is 0.378 e. The molecule has 0 amide bonds. The Labute approximate surface area is 129 Å². The van der Waals surface area contributed by atoms with Gasteiger partial charge in [-0.3, -0.25) is 0 Å². The molecule has 1 aromatic rings. The highest BCUT2D eigenvalue weighted by atomic mass is 32.2. The van der Waals surface area contributed by atoms with Crippen molar-refractivity contribution in [3.63, 3.8) is 0 Å².